The number of nitrogens with two attached hydrogens (primary N) is 1. The summed E-state index contributed by atoms with van der Waals surface area (Å²) in [4.78, 5) is 14.4. The number of methoxy groups -OCH3 is 2. The molecule has 0 spiro atoms. The molecular weight excluding hydrogens is 356 g/mol. The van der Waals surface area contributed by atoms with Gasteiger partial charge in [-0.1, -0.05) is 12.1 Å². The predicted octanol–water partition coefficient (Wildman–Crippen LogP) is 2.22. The molecule has 2 rings (SSSR count). The maximum atomic E-state index is 12.8. The highest BCUT2D eigenvalue weighted by Crippen LogP contribution is 2.25. The SMILES string of the molecule is COc1ccc(OC)c(CN(CCO)C(=O)c2ccc(CN)cc2)c1.Cl. The van der Waals surface area contributed by atoms with Crippen molar-refractivity contribution in [2.75, 3.05) is 27.4 Å². The standard InChI is InChI=1S/C19H24N2O4.ClH/c1-24-17-7-8-18(25-2)16(11-17)13-21(9-10-22)19(23)15-5-3-14(12-20)4-6-15;/h3-8,11,22H,9-10,12-13,20H2,1-2H3;1H. The van der Waals surface area contributed by atoms with Crippen molar-refractivity contribution in [3.8, 4) is 11.5 Å². The first kappa shape index (κ1) is 21.8. The van der Waals surface area contributed by atoms with Crippen molar-refractivity contribution in [3.05, 3.63) is 59.2 Å². The molecule has 0 fully saturated rings. The fourth-order valence-corrected chi connectivity index (χ4v) is 2.55. The number of ether oxygens (including phenoxy) is 2. The highest BCUT2D eigenvalue weighted by atomic mass is 35.5. The molecule has 3 N–H and O–H groups in total. The van der Waals surface area contributed by atoms with Gasteiger partial charge in [-0.3, -0.25) is 4.79 Å². The van der Waals surface area contributed by atoms with Crippen LogP contribution in [0.5, 0.6) is 11.5 Å². The van der Waals surface area contributed by atoms with Gasteiger partial charge in [-0.15, -0.1) is 12.4 Å². The Hall–Kier alpha value is -2.28. The fourth-order valence-electron chi connectivity index (χ4n) is 2.55. The molecule has 142 valence electrons. The lowest BCUT2D eigenvalue weighted by atomic mass is 10.1. The van der Waals surface area contributed by atoms with Gasteiger partial charge in [0.15, 0.2) is 0 Å². The second-order valence-electron chi connectivity index (χ2n) is 5.53. The van der Waals surface area contributed by atoms with Crippen molar-refractivity contribution in [2.45, 2.75) is 13.1 Å². The highest BCUT2D eigenvalue weighted by Gasteiger charge is 2.18. The van der Waals surface area contributed by atoms with Gasteiger partial charge in [0.1, 0.15) is 11.5 Å². The van der Waals surface area contributed by atoms with Crippen LogP contribution in [0.4, 0.5) is 0 Å². The molecule has 0 aliphatic heterocycles. The van der Waals surface area contributed by atoms with Gasteiger partial charge < -0.3 is 25.2 Å². The normalized spacial score (nSPS) is 10.0. The summed E-state index contributed by atoms with van der Waals surface area (Å²) in [6.07, 6.45) is 0. The molecule has 0 saturated heterocycles. The zero-order valence-electron chi connectivity index (χ0n) is 15.0. The van der Waals surface area contributed by atoms with Crippen LogP contribution in [0.15, 0.2) is 42.5 Å². The largest absolute Gasteiger partial charge is 0.497 e. The molecule has 0 bridgehead atoms. The van der Waals surface area contributed by atoms with Crippen molar-refractivity contribution in [3.63, 3.8) is 0 Å². The van der Waals surface area contributed by atoms with E-state index in [4.69, 9.17) is 15.2 Å². The Balaban J connectivity index is 0.00000338. The maximum Gasteiger partial charge on any atom is 0.254 e. The minimum Gasteiger partial charge on any atom is -0.497 e. The van der Waals surface area contributed by atoms with Gasteiger partial charge in [0.2, 0.25) is 0 Å². The van der Waals surface area contributed by atoms with Crippen LogP contribution < -0.4 is 15.2 Å². The van der Waals surface area contributed by atoms with Crippen LogP contribution in [0.2, 0.25) is 0 Å². The highest BCUT2D eigenvalue weighted by molar-refractivity contribution is 5.94. The molecule has 0 saturated carbocycles. The van der Waals surface area contributed by atoms with Gasteiger partial charge in [0, 0.05) is 30.8 Å². The van der Waals surface area contributed by atoms with Crippen molar-refractivity contribution in [1.82, 2.24) is 4.90 Å². The molecule has 6 nitrogen and oxygen atoms in total. The summed E-state index contributed by atoms with van der Waals surface area (Å²) in [5.74, 6) is 1.18. The van der Waals surface area contributed by atoms with Gasteiger partial charge in [-0.05, 0) is 35.9 Å². The summed E-state index contributed by atoms with van der Waals surface area (Å²) >= 11 is 0. The van der Waals surface area contributed by atoms with E-state index >= 15 is 0 Å². The van der Waals surface area contributed by atoms with E-state index < -0.39 is 0 Å². The Labute approximate surface area is 159 Å². The smallest absolute Gasteiger partial charge is 0.254 e. The number of hydrogen-bond donors (Lipinski definition) is 2. The molecule has 0 aliphatic rings. The van der Waals surface area contributed by atoms with Crippen LogP contribution in [0.25, 0.3) is 0 Å². The van der Waals surface area contributed by atoms with Crippen LogP contribution in [-0.4, -0.2) is 43.3 Å². The zero-order chi connectivity index (χ0) is 18.2. The average molecular weight is 381 g/mol. The topological polar surface area (TPSA) is 85.0 Å². The van der Waals surface area contributed by atoms with Crippen LogP contribution >= 0.6 is 12.4 Å². The van der Waals surface area contributed by atoms with E-state index in [-0.39, 0.29) is 31.5 Å². The van der Waals surface area contributed by atoms with Gasteiger partial charge in [0.25, 0.3) is 5.91 Å². The van der Waals surface area contributed by atoms with Gasteiger partial charge >= 0.3 is 0 Å². The van der Waals surface area contributed by atoms with Gasteiger partial charge in [0.05, 0.1) is 20.8 Å². The number of carbonyl (C=O) groups excluding carboxylic acids is 1. The minimum atomic E-state index is -0.164. The van der Waals surface area contributed by atoms with Crippen LogP contribution in [0.3, 0.4) is 0 Å². The van der Waals surface area contributed by atoms with E-state index in [1.807, 2.05) is 18.2 Å². The molecule has 1 amide bonds. The van der Waals surface area contributed by atoms with Crippen molar-refractivity contribution >= 4 is 18.3 Å². The molecular formula is C19H25ClN2O4. The van der Waals surface area contributed by atoms with Crippen LogP contribution in [0, 0.1) is 0 Å². The molecule has 26 heavy (non-hydrogen) atoms. The first-order chi connectivity index (χ1) is 12.1. The maximum absolute atomic E-state index is 12.8. The lowest BCUT2D eigenvalue weighted by Gasteiger charge is -2.23. The number of amides is 1. The van der Waals surface area contributed by atoms with Gasteiger partial charge in [-0.2, -0.15) is 0 Å². The van der Waals surface area contributed by atoms with Crippen LogP contribution in [0.1, 0.15) is 21.5 Å². The third-order valence-electron chi connectivity index (χ3n) is 3.94. The molecule has 0 unspecified atom stereocenters. The number of nitrogens with zero attached hydrogens (tertiary/aromatic N) is 1. The molecule has 0 aromatic heterocycles. The summed E-state index contributed by atoms with van der Waals surface area (Å²) in [5, 5.41) is 9.35. The second kappa shape index (κ2) is 10.7. The molecule has 0 heterocycles. The average Bonchev–Trinajstić information content (AvgIpc) is 2.67. The van der Waals surface area contributed by atoms with Crippen molar-refractivity contribution < 1.29 is 19.4 Å². The second-order valence-corrected chi connectivity index (χ2v) is 5.53. The first-order valence-corrected chi connectivity index (χ1v) is 8.03. The lowest BCUT2D eigenvalue weighted by Crippen LogP contribution is -2.33. The monoisotopic (exact) mass is 380 g/mol. The summed E-state index contributed by atoms with van der Waals surface area (Å²) in [5.41, 5.74) is 7.91. The Morgan fingerprint density at radius 3 is 2.35 bits per heavy atom. The van der Waals surface area contributed by atoms with E-state index in [1.54, 1.807) is 43.4 Å². The van der Waals surface area contributed by atoms with E-state index in [9.17, 15) is 9.90 Å². The van der Waals surface area contributed by atoms with Crippen molar-refractivity contribution in [2.24, 2.45) is 5.73 Å². The van der Waals surface area contributed by atoms with E-state index in [2.05, 4.69) is 0 Å². The Morgan fingerprint density at radius 1 is 1.12 bits per heavy atom. The third kappa shape index (κ3) is 5.36. The van der Waals surface area contributed by atoms with Gasteiger partial charge in [-0.25, -0.2) is 0 Å². The Morgan fingerprint density at radius 2 is 1.81 bits per heavy atom. The summed E-state index contributed by atoms with van der Waals surface area (Å²) in [7, 11) is 3.16. The van der Waals surface area contributed by atoms with Crippen LogP contribution in [-0.2, 0) is 13.1 Å². The lowest BCUT2D eigenvalue weighted by molar-refractivity contribution is 0.0706. The fraction of sp³-hybridized carbons (Fsp3) is 0.316. The number of aliphatic hydroxyl groups excluding tert-OH is 1. The number of benzene rings is 2. The number of hydrogen-bond acceptors (Lipinski definition) is 5. The minimum absolute atomic E-state index is 0. The molecule has 0 aliphatic carbocycles. The number of carbonyl (C=O) groups is 1. The molecule has 2 aromatic carbocycles. The third-order valence-corrected chi connectivity index (χ3v) is 3.94. The summed E-state index contributed by atoms with van der Waals surface area (Å²) in [6, 6.07) is 12.6. The van der Waals surface area contributed by atoms with Crippen molar-refractivity contribution in [1.29, 1.82) is 0 Å². The van der Waals surface area contributed by atoms with E-state index in [1.165, 1.54) is 0 Å². The molecule has 2 aromatic rings. The first-order valence-electron chi connectivity index (χ1n) is 8.03. The van der Waals surface area contributed by atoms with E-state index in [0.717, 1.165) is 11.1 Å². The summed E-state index contributed by atoms with van der Waals surface area (Å²) in [6.45, 7) is 0.824. The molecule has 0 radical (unpaired) electrons. The van der Waals surface area contributed by atoms with E-state index in [0.29, 0.717) is 30.2 Å². The number of halogens is 1. The molecule has 7 heteroatoms. The Kier molecular flexibility index (Phi) is 8.92. The predicted molar refractivity (Wildman–Crippen MR) is 103 cm³/mol. The quantitative estimate of drug-likeness (QED) is 0.733. The number of rotatable bonds is 8. The summed E-state index contributed by atoms with van der Waals surface area (Å²) < 4.78 is 10.6. The zero-order valence-corrected chi connectivity index (χ0v) is 15.8. The Bertz CT molecular complexity index is 707. The molecule has 0 atom stereocenters. The number of aliphatic hydroxyl groups is 1.